The summed E-state index contributed by atoms with van der Waals surface area (Å²) in [6.07, 6.45) is 16.5. The SMILES string of the molecule is CC(=O)O[C@H]1[C@@H]([N+]2(C)CCCCC2)CC2C3CCC4C[C@H](O)[C@@H]([N+]5(C)CCCCC5)C[C@]4(C)C3CC[C@@]21C. The molecule has 6 aliphatic rings. The zero-order chi connectivity index (χ0) is 26.9. The Hall–Kier alpha value is -0.650. The van der Waals surface area contributed by atoms with Gasteiger partial charge >= 0.3 is 5.97 Å². The Kier molecular flexibility index (Phi) is 7.04. The number of hydrogen-bond acceptors (Lipinski definition) is 3. The van der Waals surface area contributed by atoms with Gasteiger partial charge in [0.25, 0.3) is 0 Å². The van der Waals surface area contributed by atoms with Crippen LogP contribution in [0.5, 0.6) is 0 Å². The Labute approximate surface area is 232 Å². The number of piperidine rings is 2. The molecule has 4 unspecified atom stereocenters. The largest absolute Gasteiger partial charge is 0.456 e. The molecular weight excluding hydrogens is 472 g/mol. The van der Waals surface area contributed by atoms with E-state index in [2.05, 4.69) is 27.9 Å². The van der Waals surface area contributed by atoms with Crippen molar-refractivity contribution >= 4 is 5.97 Å². The molecular formula is C33H58N2O3+2. The number of likely N-dealkylation sites (tertiary alicyclic amines) is 2. The predicted molar refractivity (Wildman–Crippen MR) is 151 cm³/mol. The highest BCUT2D eigenvalue weighted by atomic mass is 16.5. The third-order valence-electron chi connectivity index (χ3n) is 14.2. The average Bonchev–Trinajstić information content (AvgIpc) is 3.17. The fourth-order valence-electron chi connectivity index (χ4n) is 12.0. The van der Waals surface area contributed by atoms with Crippen LogP contribution < -0.4 is 0 Å². The van der Waals surface area contributed by atoms with E-state index < -0.39 is 0 Å². The number of esters is 1. The highest BCUT2D eigenvalue weighted by Crippen LogP contribution is 2.67. The topological polar surface area (TPSA) is 46.5 Å². The molecule has 0 aromatic rings. The van der Waals surface area contributed by atoms with Crippen LogP contribution in [-0.2, 0) is 9.53 Å². The first-order valence-electron chi connectivity index (χ1n) is 16.5. The van der Waals surface area contributed by atoms with Crippen LogP contribution in [0.1, 0.15) is 104 Å². The molecule has 216 valence electrons. The van der Waals surface area contributed by atoms with Crippen LogP contribution in [0.15, 0.2) is 0 Å². The molecule has 6 rings (SSSR count). The van der Waals surface area contributed by atoms with Gasteiger partial charge in [-0.1, -0.05) is 13.8 Å². The minimum absolute atomic E-state index is 0.0679. The lowest BCUT2D eigenvalue weighted by molar-refractivity contribution is -0.943. The Morgan fingerprint density at radius 3 is 2.00 bits per heavy atom. The second-order valence-corrected chi connectivity index (χ2v) is 16.1. The van der Waals surface area contributed by atoms with Crippen molar-refractivity contribution in [2.24, 2.45) is 34.5 Å². The smallest absolute Gasteiger partial charge is 0.303 e. The van der Waals surface area contributed by atoms with Crippen LogP contribution in [0.25, 0.3) is 0 Å². The summed E-state index contributed by atoms with van der Waals surface area (Å²) in [6.45, 7) is 11.8. The number of likely N-dealkylation sites (N-methyl/N-ethyl adjacent to an activating group) is 2. The van der Waals surface area contributed by atoms with Gasteiger partial charge < -0.3 is 18.8 Å². The monoisotopic (exact) mass is 530 g/mol. The molecule has 4 aliphatic carbocycles. The normalized spacial score (nSPS) is 49.8. The minimum atomic E-state index is -0.130. The fraction of sp³-hybridized carbons (Fsp3) is 0.970. The number of quaternary nitrogens is 2. The van der Waals surface area contributed by atoms with Crippen LogP contribution >= 0.6 is 0 Å². The Morgan fingerprint density at radius 2 is 1.39 bits per heavy atom. The first-order chi connectivity index (χ1) is 18.0. The molecule has 2 aliphatic heterocycles. The summed E-state index contributed by atoms with van der Waals surface area (Å²) in [4.78, 5) is 12.5. The summed E-state index contributed by atoms with van der Waals surface area (Å²) < 4.78 is 8.58. The van der Waals surface area contributed by atoms with Gasteiger partial charge in [0.05, 0.1) is 40.3 Å². The maximum absolute atomic E-state index is 12.5. The van der Waals surface area contributed by atoms with Crippen LogP contribution in [0.4, 0.5) is 0 Å². The van der Waals surface area contributed by atoms with Crippen molar-refractivity contribution in [2.45, 2.75) is 129 Å². The van der Waals surface area contributed by atoms with Crippen molar-refractivity contribution in [1.29, 1.82) is 0 Å². The average molecular weight is 531 g/mol. The Balaban J connectivity index is 1.30. The molecule has 6 fully saturated rings. The van der Waals surface area contributed by atoms with E-state index in [4.69, 9.17) is 4.74 Å². The minimum Gasteiger partial charge on any atom is -0.456 e. The van der Waals surface area contributed by atoms with Crippen LogP contribution in [0.3, 0.4) is 0 Å². The number of aliphatic hydroxyl groups excluding tert-OH is 1. The molecule has 10 atom stereocenters. The van der Waals surface area contributed by atoms with Crippen molar-refractivity contribution in [3.05, 3.63) is 0 Å². The van der Waals surface area contributed by atoms with E-state index in [9.17, 15) is 9.90 Å². The van der Waals surface area contributed by atoms with E-state index in [0.717, 1.165) is 27.2 Å². The number of fused-ring (bicyclic) bond motifs is 5. The van der Waals surface area contributed by atoms with E-state index in [-0.39, 0.29) is 23.6 Å². The first-order valence-corrected chi connectivity index (χ1v) is 16.5. The number of hydrogen-bond donors (Lipinski definition) is 1. The lowest BCUT2D eigenvalue weighted by Gasteiger charge is -2.63. The van der Waals surface area contributed by atoms with Crippen molar-refractivity contribution in [2.75, 3.05) is 40.3 Å². The summed E-state index contributed by atoms with van der Waals surface area (Å²) in [5.74, 6) is 2.76. The number of rotatable bonds is 3. The zero-order valence-corrected chi connectivity index (χ0v) is 25.3. The van der Waals surface area contributed by atoms with Crippen LogP contribution in [0, 0.1) is 34.5 Å². The zero-order valence-electron chi connectivity index (χ0n) is 25.3. The number of nitrogens with zero attached hydrogens (tertiary/aromatic N) is 2. The van der Waals surface area contributed by atoms with Gasteiger partial charge in [0.15, 0.2) is 6.10 Å². The van der Waals surface area contributed by atoms with E-state index in [1.165, 1.54) is 103 Å². The highest BCUT2D eigenvalue weighted by Gasteiger charge is 2.67. The van der Waals surface area contributed by atoms with Gasteiger partial charge in [-0.15, -0.1) is 0 Å². The van der Waals surface area contributed by atoms with E-state index >= 15 is 0 Å². The summed E-state index contributed by atoms with van der Waals surface area (Å²) >= 11 is 0. The number of ether oxygens (including phenoxy) is 1. The van der Waals surface area contributed by atoms with Gasteiger partial charge in [-0.05, 0) is 99.7 Å². The molecule has 0 aromatic carbocycles. The maximum atomic E-state index is 12.5. The van der Waals surface area contributed by atoms with Gasteiger partial charge in [0, 0.05) is 25.2 Å². The molecule has 0 bridgehead atoms. The molecule has 5 nitrogen and oxygen atoms in total. The lowest BCUT2D eigenvalue weighted by atomic mass is 9.44. The highest BCUT2D eigenvalue weighted by molar-refractivity contribution is 5.66. The fourth-order valence-corrected chi connectivity index (χ4v) is 12.0. The van der Waals surface area contributed by atoms with E-state index in [1.807, 2.05) is 0 Å². The van der Waals surface area contributed by atoms with Gasteiger partial charge in [0.1, 0.15) is 18.2 Å². The Bertz CT molecular complexity index is 895. The number of aliphatic hydroxyl groups is 1. The number of carbonyl (C=O) groups excluding carboxylic acids is 1. The van der Waals surface area contributed by atoms with Gasteiger partial charge in [-0.3, -0.25) is 4.79 Å². The summed E-state index contributed by atoms with van der Waals surface area (Å²) in [6, 6.07) is 0.865. The van der Waals surface area contributed by atoms with Gasteiger partial charge in [-0.2, -0.15) is 0 Å². The third-order valence-corrected chi connectivity index (χ3v) is 14.2. The molecule has 0 amide bonds. The molecule has 2 heterocycles. The first kappa shape index (κ1) is 27.5. The molecule has 0 spiro atoms. The quantitative estimate of drug-likeness (QED) is 0.385. The van der Waals surface area contributed by atoms with Crippen molar-refractivity contribution in [1.82, 2.24) is 0 Å². The van der Waals surface area contributed by atoms with E-state index in [0.29, 0.717) is 29.3 Å². The maximum Gasteiger partial charge on any atom is 0.303 e. The third kappa shape index (κ3) is 4.23. The predicted octanol–water partition coefficient (Wildman–Crippen LogP) is 5.54. The summed E-state index contributed by atoms with van der Waals surface area (Å²) in [7, 11) is 4.94. The van der Waals surface area contributed by atoms with Crippen molar-refractivity contribution in [3.8, 4) is 0 Å². The Morgan fingerprint density at radius 1 is 0.789 bits per heavy atom. The summed E-state index contributed by atoms with van der Waals surface area (Å²) in [5.41, 5.74) is 0.448. The van der Waals surface area contributed by atoms with Crippen molar-refractivity contribution < 1.29 is 23.6 Å². The second-order valence-electron chi connectivity index (χ2n) is 16.1. The molecule has 5 heteroatoms. The molecule has 2 saturated heterocycles. The van der Waals surface area contributed by atoms with Gasteiger partial charge in [0.2, 0.25) is 0 Å². The molecule has 4 saturated carbocycles. The van der Waals surface area contributed by atoms with Gasteiger partial charge in [-0.25, -0.2) is 0 Å². The molecule has 0 radical (unpaired) electrons. The standard InChI is InChI=1S/C33H58N2O3/c1-23(36)38-31-28(34(4)16-8-6-9-17-34)21-27-25-13-12-24-20-30(37)29(35(5)18-10-7-11-19-35)22-33(24,3)26(25)14-15-32(27,31)2/h24-31,37H,6-22H2,1-5H3/q+2/t24?,25?,26?,27?,28-,29-,30-,31-,32-,33-/m0/s1. The molecule has 0 aromatic heterocycles. The summed E-state index contributed by atoms with van der Waals surface area (Å²) in [5, 5.41) is 11.5. The molecule has 38 heavy (non-hydrogen) atoms. The van der Waals surface area contributed by atoms with Crippen molar-refractivity contribution in [3.63, 3.8) is 0 Å². The van der Waals surface area contributed by atoms with E-state index in [1.54, 1.807) is 6.92 Å². The lowest BCUT2D eigenvalue weighted by Crippen LogP contribution is -2.66. The van der Waals surface area contributed by atoms with Crippen LogP contribution in [-0.4, -0.2) is 84.6 Å². The van der Waals surface area contributed by atoms with Crippen LogP contribution in [0.2, 0.25) is 0 Å². The second kappa shape index (κ2) is 9.72. The molecule has 1 N–H and O–H groups in total. The number of carbonyl (C=O) groups is 1.